The summed E-state index contributed by atoms with van der Waals surface area (Å²) in [6, 6.07) is 42.9. The Labute approximate surface area is 219 Å². The highest BCUT2D eigenvalue weighted by atomic mass is 35.5. The van der Waals surface area contributed by atoms with Crippen molar-refractivity contribution in [3.63, 3.8) is 0 Å². The molecule has 7 aromatic carbocycles. The van der Waals surface area contributed by atoms with Crippen LogP contribution in [0.4, 0.5) is 0 Å². The Morgan fingerprint density at radius 1 is 0.378 bits per heavy atom. The van der Waals surface area contributed by atoms with Crippen LogP contribution >= 0.6 is 11.6 Å². The Morgan fingerprint density at radius 2 is 0.838 bits per heavy atom. The lowest BCUT2D eigenvalue weighted by Crippen LogP contribution is -1.93. The summed E-state index contributed by atoms with van der Waals surface area (Å²) in [7, 11) is 0. The average molecular weight is 497 g/mol. The molecule has 0 aliphatic carbocycles. The Kier molecular flexibility index (Phi) is 5.20. The molecule has 0 amide bonds. The van der Waals surface area contributed by atoms with Crippen LogP contribution in [0.25, 0.3) is 43.1 Å². The molecule has 0 saturated heterocycles. The standard InChI is InChI=1S/C34H21ClO2/c35-26-15-18-31-32(21-26)34(37-28-17-14-23-8-2-4-10-25(23)20-28)30-12-6-5-11-29(30)33(31)36-27-16-13-22-7-1-3-9-24(22)19-27/h1-21H. The van der Waals surface area contributed by atoms with E-state index >= 15 is 0 Å². The van der Waals surface area contributed by atoms with Gasteiger partial charge in [-0.2, -0.15) is 0 Å². The number of benzene rings is 7. The van der Waals surface area contributed by atoms with Gasteiger partial charge >= 0.3 is 0 Å². The lowest BCUT2D eigenvalue weighted by Gasteiger charge is -2.18. The van der Waals surface area contributed by atoms with Crippen LogP contribution in [-0.2, 0) is 0 Å². The number of hydrogen-bond donors (Lipinski definition) is 0. The summed E-state index contributed by atoms with van der Waals surface area (Å²) >= 11 is 6.50. The first-order valence-corrected chi connectivity index (χ1v) is 12.6. The molecule has 0 bridgehead atoms. The summed E-state index contributed by atoms with van der Waals surface area (Å²) in [5.41, 5.74) is 0. The van der Waals surface area contributed by atoms with Gasteiger partial charge in [-0.25, -0.2) is 0 Å². The van der Waals surface area contributed by atoms with Gasteiger partial charge < -0.3 is 9.47 Å². The molecule has 0 atom stereocenters. The van der Waals surface area contributed by atoms with Gasteiger partial charge in [0.15, 0.2) is 0 Å². The molecule has 0 aromatic heterocycles. The van der Waals surface area contributed by atoms with Crippen LogP contribution in [0.5, 0.6) is 23.0 Å². The van der Waals surface area contributed by atoms with E-state index in [2.05, 4.69) is 60.7 Å². The van der Waals surface area contributed by atoms with Crippen molar-refractivity contribution >= 4 is 54.7 Å². The fraction of sp³-hybridized carbons (Fsp3) is 0. The van der Waals surface area contributed by atoms with Crippen molar-refractivity contribution in [3.8, 4) is 23.0 Å². The summed E-state index contributed by atoms with van der Waals surface area (Å²) in [4.78, 5) is 0. The summed E-state index contributed by atoms with van der Waals surface area (Å²) in [6.07, 6.45) is 0. The van der Waals surface area contributed by atoms with E-state index in [1.807, 2.05) is 66.7 Å². The van der Waals surface area contributed by atoms with Crippen molar-refractivity contribution in [2.75, 3.05) is 0 Å². The number of halogens is 1. The van der Waals surface area contributed by atoms with Gasteiger partial charge in [0.2, 0.25) is 0 Å². The van der Waals surface area contributed by atoms with E-state index in [0.29, 0.717) is 5.02 Å². The van der Waals surface area contributed by atoms with E-state index < -0.39 is 0 Å². The minimum atomic E-state index is 0.641. The summed E-state index contributed by atoms with van der Waals surface area (Å²) in [5.74, 6) is 3.09. The lowest BCUT2D eigenvalue weighted by atomic mass is 10.00. The largest absolute Gasteiger partial charge is 0.456 e. The van der Waals surface area contributed by atoms with Gasteiger partial charge in [-0.15, -0.1) is 0 Å². The van der Waals surface area contributed by atoms with Crippen LogP contribution in [0.3, 0.4) is 0 Å². The van der Waals surface area contributed by atoms with E-state index in [4.69, 9.17) is 21.1 Å². The molecule has 0 saturated carbocycles. The molecule has 0 unspecified atom stereocenters. The lowest BCUT2D eigenvalue weighted by molar-refractivity contribution is 0.486. The van der Waals surface area contributed by atoms with E-state index in [9.17, 15) is 0 Å². The zero-order chi connectivity index (χ0) is 24.8. The molecule has 0 spiro atoms. The Balaban J connectivity index is 1.43. The molecule has 7 aromatic rings. The third kappa shape index (κ3) is 3.92. The van der Waals surface area contributed by atoms with E-state index in [1.54, 1.807) is 0 Å². The zero-order valence-corrected chi connectivity index (χ0v) is 20.6. The van der Waals surface area contributed by atoms with Crippen molar-refractivity contribution in [3.05, 3.63) is 132 Å². The predicted octanol–water partition coefficient (Wildman–Crippen LogP) is 10.5. The fourth-order valence-electron chi connectivity index (χ4n) is 4.99. The van der Waals surface area contributed by atoms with Gasteiger partial charge in [0.05, 0.1) is 0 Å². The maximum Gasteiger partial charge on any atom is 0.143 e. The maximum atomic E-state index is 6.62. The molecule has 176 valence electrons. The molecule has 0 radical (unpaired) electrons. The molecule has 7 rings (SSSR count). The van der Waals surface area contributed by atoms with Crippen LogP contribution in [0.15, 0.2) is 127 Å². The Bertz CT molecular complexity index is 1960. The maximum absolute atomic E-state index is 6.62. The molecule has 0 aliphatic heterocycles. The molecule has 2 nitrogen and oxygen atoms in total. The van der Waals surface area contributed by atoms with Gasteiger partial charge in [-0.1, -0.05) is 96.5 Å². The molecular weight excluding hydrogens is 476 g/mol. The monoisotopic (exact) mass is 496 g/mol. The van der Waals surface area contributed by atoms with Crippen LogP contribution in [0.1, 0.15) is 0 Å². The number of rotatable bonds is 4. The second kappa shape index (κ2) is 8.85. The number of hydrogen-bond acceptors (Lipinski definition) is 2. The first kappa shape index (κ1) is 21.7. The van der Waals surface area contributed by atoms with Gasteiger partial charge in [0, 0.05) is 26.6 Å². The topological polar surface area (TPSA) is 18.5 Å². The molecule has 0 aliphatic rings. The van der Waals surface area contributed by atoms with Crippen LogP contribution in [-0.4, -0.2) is 0 Å². The van der Waals surface area contributed by atoms with Crippen molar-refractivity contribution in [1.82, 2.24) is 0 Å². The quantitative estimate of drug-likeness (QED) is 0.225. The summed E-state index contributed by atoms with van der Waals surface area (Å²) in [5, 5.41) is 9.02. The Morgan fingerprint density at radius 3 is 1.41 bits per heavy atom. The number of ether oxygens (including phenoxy) is 2. The summed E-state index contributed by atoms with van der Waals surface area (Å²) < 4.78 is 13.2. The van der Waals surface area contributed by atoms with Crippen molar-refractivity contribution < 1.29 is 9.47 Å². The van der Waals surface area contributed by atoms with Gasteiger partial charge in [0.25, 0.3) is 0 Å². The second-order valence-electron chi connectivity index (χ2n) is 9.12. The van der Waals surface area contributed by atoms with Crippen LogP contribution < -0.4 is 9.47 Å². The molecule has 0 fully saturated rings. The van der Waals surface area contributed by atoms with Crippen molar-refractivity contribution in [2.24, 2.45) is 0 Å². The Hall–Kier alpha value is -4.53. The molecule has 0 N–H and O–H groups in total. The molecule has 37 heavy (non-hydrogen) atoms. The number of fused-ring (bicyclic) bond motifs is 4. The minimum absolute atomic E-state index is 0.641. The van der Waals surface area contributed by atoms with E-state index in [0.717, 1.165) is 55.3 Å². The van der Waals surface area contributed by atoms with Crippen LogP contribution in [0, 0.1) is 0 Å². The van der Waals surface area contributed by atoms with Crippen molar-refractivity contribution in [1.29, 1.82) is 0 Å². The highest BCUT2D eigenvalue weighted by molar-refractivity contribution is 6.31. The molecule has 3 heteroatoms. The third-order valence-corrected chi connectivity index (χ3v) is 7.00. The molecule has 0 heterocycles. The zero-order valence-electron chi connectivity index (χ0n) is 19.8. The van der Waals surface area contributed by atoms with Gasteiger partial charge in [-0.05, 0) is 64.0 Å². The highest BCUT2D eigenvalue weighted by Crippen LogP contribution is 2.46. The molecular formula is C34H21ClO2. The third-order valence-electron chi connectivity index (χ3n) is 6.77. The fourth-order valence-corrected chi connectivity index (χ4v) is 5.16. The first-order chi connectivity index (χ1) is 18.2. The van der Waals surface area contributed by atoms with Crippen LogP contribution in [0.2, 0.25) is 5.02 Å². The smallest absolute Gasteiger partial charge is 0.143 e. The van der Waals surface area contributed by atoms with Gasteiger partial charge in [-0.3, -0.25) is 0 Å². The highest BCUT2D eigenvalue weighted by Gasteiger charge is 2.18. The minimum Gasteiger partial charge on any atom is -0.456 e. The summed E-state index contributed by atoms with van der Waals surface area (Å²) in [6.45, 7) is 0. The SMILES string of the molecule is Clc1ccc2c(Oc3ccc4ccccc4c3)c3ccccc3c(Oc3ccc4ccccc4c3)c2c1. The second-order valence-corrected chi connectivity index (χ2v) is 9.55. The van der Waals surface area contributed by atoms with Gasteiger partial charge in [0.1, 0.15) is 23.0 Å². The van der Waals surface area contributed by atoms with E-state index in [-0.39, 0.29) is 0 Å². The van der Waals surface area contributed by atoms with E-state index in [1.165, 1.54) is 10.8 Å². The average Bonchev–Trinajstić information content (AvgIpc) is 2.94. The van der Waals surface area contributed by atoms with Crippen molar-refractivity contribution in [2.45, 2.75) is 0 Å². The first-order valence-electron chi connectivity index (χ1n) is 12.2. The normalized spacial score (nSPS) is 11.4. The predicted molar refractivity (Wildman–Crippen MR) is 155 cm³/mol.